The second-order valence-corrected chi connectivity index (χ2v) is 9.44. The molecule has 4 rings (SSSR count). The maximum absolute atomic E-state index is 11.2. The summed E-state index contributed by atoms with van der Waals surface area (Å²) in [5.41, 5.74) is -0.885. The summed E-state index contributed by atoms with van der Waals surface area (Å²) < 4.78 is 0. The highest BCUT2D eigenvalue weighted by Crippen LogP contribution is 2.66. The third-order valence-electron chi connectivity index (χ3n) is 8.43. The van der Waals surface area contributed by atoms with Gasteiger partial charge >= 0.3 is 0 Å². The Hall–Kier alpha value is -0.860. The van der Waals surface area contributed by atoms with E-state index in [-0.39, 0.29) is 29.3 Å². The first-order valence-electron chi connectivity index (χ1n) is 9.62. The van der Waals surface area contributed by atoms with Gasteiger partial charge in [0, 0.05) is 5.41 Å². The van der Waals surface area contributed by atoms with Gasteiger partial charge in [-0.05, 0) is 61.7 Å². The molecule has 3 saturated carbocycles. The Morgan fingerprint density at radius 2 is 1.88 bits per heavy atom. The van der Waals surface area contributed by atoms with Crippen molar-refractivity contribution < 1.29 is 20.4 Å². The predicted molar refractivity (Wildman–Crippen MR) is 94.3 cm³/mol. The van der Waals surface area contributed by atoms with Crippen LogP contribution in [0.1, 0.15) is 52.4 Å². The van der Waals surface area contributed by atoms with Gasteiger partial charge in [-0.25, -0.2) is 0 Å². The van der Waals surface area contributed by atoms with Gasteiger partial charge in [0.25, 0.3) is 0 Å². The van der Waals surface area contributed by atoms with Crippen LogP contribution < -0.4 is 0 Å². The van der Waals surface area contributed by atoms with Crippen LogP contribution in [0.4, 0.5) is 0 Å². The molecule has 4 nitrogen and oxygen atoms in total. The van der Waals surface area contributed by atoms with Crippen LogP contribution in [0.15, 0.2) is 11.6 Å². The van der Waals surface area contributed by atoms with Crippen molar-refractivity contribution in [2.75, 3.05) is 0 Å². The fourth-order valence-electron chi connectivity index (χ4n) is 6.99. The zero-order chi connectivity index (χ0) is 18.2. The maximum atomic E-state index is 11.2. The number of hydrogen-bond acceptors (Lipinski definition) is 4. The highest BCUT2D eigenvalue weighted by atomic mass is 16.3. The average molecular weight is 346 g/mol. The van der Waals surface area contributed by atoms with Crippen molar-refractivity contribution in [1.82, 2.24) is 0 Å². The molecule has 4 aliphatic carbocycles. The van der Waals surface area contributed by atoms with Gasteiger partial charge in [0.05, 0.1) is 18.3 Å². The van der Waals surface area contributed by atoms with Crippen LogP contribution in [0, 0.1) is 40.9 Å². The Balaban J connectivity index is 1.80. The van der Waals surface area contributed by atoms with Gasteiger partial charge in [-0.1, -0.05) is 31.4 Å². The zero-order valence-electron chi connectivity index (χ0n) is 15.2. The van der Waals surface area contributed by atoms with E-state index in [1.165, 1.54) is 0 Å². The van der Waals surface area contributed by atoms with Crippen molar-refractivity contribution in [3.63, 3.8) is 0 Å². The number of aliphatic hydroxyl groups is 4. The molecule has 0 bridgehead atoms. The second kappa shape index (κ2) is 5.33. The van der Waals surface area contributed by atoms with Crippen molar-refractivity contribution in [3.05, 3.63) is 11.6 Å². The molecule has 9 atom stereocenters. The van der Waals surface area contributed by atoms with Crippen LogP contribution in [0.2, 0.25) is 0 Å². The molecule has 3 unspecified atom stereocenters. The quantitative estimate of drug-likeness (QED) is 0.397. The number of fused-ring (bicyclic) bond motifs is 5. The fourth-order valence-corrected chi connectivity index (χ4v) is 6.99. The summed E-state index contributed by atoms with van der Waals surface area (Å²) in [6.45, 7) is 4.17. The largest absolute Gasteiger partial charge is 0.393 e. The number of aliphatic hydroxyl groups excluding tert-OH is 3. The first kappa shape index (κ1) is 17.5. The van der Waals surface area contributed by atoms with E-state index in [1.807, 2.05) is 13.0 Å². The van der Waals surface area contributed by atoms with Crippen molar-refractivity contribution in [3.8, 4) is 12.3 Å². The molecular weight excluding hydrogens is 316 g/mol. The molecule has 4 N–H and O–H groups in total. The van der Waals surface area contributed by atoms with E-state index in [0.717, 1.165) is 24.8 Å². The van der Waals surface area contributed by atoms with Crippen LogP contribution in [0.5, 0.6) is 0 Å². The van der Waals surface area contributed by atoms with E-state index in [0.29, 0.717) is 19.3 Å². The lowest BCUT2D eigenvalue weighted by Crippen LogP contribution is -2.62. The molecule has 25 heavy (non-hydrogen) atoms. The Morgan fingerprint density at radius 3 is 2.56 bits per heavy atom. The summed E-state index contributed by atoms with van der Waals surface area (Å²) in [6.07, 6.45) is 9.90. The minimum Gasteiger partial charge on any atom is -0.393 e. The Bertz CT molecular complexity index is 651. The highest BCUT2D eigenvalue weighted by molar-refractivity contribution is 5.31. The molecule has 4 aliphatic rings. The van der Waals surface area contributed by atoms with Crippen molar-refractivity contribution in [1.29, 1.82) is 0 Å². The molecule has 0 heterocycles. The normalized spacial score (nSPS) is 57.7. The highest BCUT2D eigenvalue weighted by Gasteiger charge is 2.67. The smallest absolute Gasteiger partial charge is 0.130 e. The molecule has 3 fully saturated rings. The molecule has 0 spiro atoms. The van der Waals surface area contributed by atoms with Crippen LogP contribution in [-0.4, -0.2) is 44.3 Å². The first-order valence-corrected chi connectivity index (χ1v) is 9.62. The molecule has 0 aromatic heterocycles. The van der Waals surface area contributed by atoms with Gasteiger partial charge in [0.15, 0.2) is 0 Å². The molecule has 4 heteroatoms. The molecule has 0 radical (unpaired) electrons. The molecule has 0 saturated heterocycles. The third-order valence-corrected chi connectivity index (χ3v) is 8.43. The molecule has 0 aromatic carbocycles. The van der Waals surface area contributed by atoms with Crippen LogP contribution in [0.3, 0.4) is 0 Å². The fraction of sp³-hybridized carbons (Fsp3) is 0.810. The number of hydrogen-bond donors (Lipinski definition) is 4. The minimum absolute atomic E-state index is 0.0480. The van der Waals surface area contributed by atoms with Gasteiger partial charge in [0.2, 0.25) is 0 Å². The van der Waals surface area contributed by atoms with E-state index in [4.69, 9.17) is 6.42 Å². The van der Waals surface area contributed by atoms with E-state index in [2.05, 4.69) is 12.8 Å². The van der Waals surface area contributed by atoms with Gasteiger partial charge in [-0.2, -0.15) is 0 Å². The zero-order valence-corrected chi connectivity index (χ0v) is 15.2. The summed E-state index contributed by atoms with van der Waals surface area (Å²) in [5.74, 6) is 2.55. The minimum atomic E-state index is -1.21. The Kier molecular flexibility index (Phi) is 3.74. The van der Waals surface area contributed by atoms with E-state index in [9.17, 15) is 20.4 Å². The lowest BCUT2D eigenvalue weighted by atomic mass is 9.45. The van der Waals surface area contributed by atoms with Crippen molar-refractivity contribution in [2.45, 2.75) is 76.3 Å². The lowest BCUT2D eigenvalue weighted by molar-refractivity contribution is -0.172. The Morgan fingerprint density at radius 1 is 1.16 bits per heavy atom. The van der Waals surface area contributed by atoms with Crippen molar-refractivity contribution in [2.24, 2.45) is 28.6 Å². The summed E-state index contributed by atoms with van der Waals surface area (Å²) in [6, 6.07) is 0. The predicted octanol–water partition coefficient (Wildman–Crippen LogP) is 1.62. The van der Waals surface area contributed by atoms with Crippen LogP contribution in [-0.2, 0) is 0 Å². The van der Waals surface area contributed by atoms with Gasteiger partial charge in [-0.3, -0.25) is 0 Å². The van der Waals surface area contributed by atoms with Crippen molar-refractivity contribution >= 4 is 0 Å². The lowest BCUT2D eigenvalue weighted by Gasteiger charge is -2.61. The van der Waals surface area contributed by atoms with Gasteiger partial charge < -0.3 is 20.4 Å². The molecule has 0 aromatic rings. The van der Waals surface area contributed by atoms with Crippen LogP contribution in [0.25, 0.3) is 0 Å². The Labute approximate surface area is 150 Å². The van der Waals surface area contributed by atoms with E-state index < -0.39 is 23.2 Å². The molecule has 138 valence electrons. The maximum Gasteiger partial charge on any atom is 0.130 e. The first-order chi connectivity index (χ1) is 11.7. The van der Waals surface area contributed by atoms with Crippen LogP contribution >= 0.6 is 0 Å². The van der Waals surface area contributed by atoms with Gasteiger partial charge in [-0.15, -0.1) is 6.42 Å². The molecule has 0 aliphatic heterocycles. The average Bonchev–Trinajstić information content (AvgIpc) is 2.81. The summed E-state index contributed by atoms with van der Waals surface area (Å²) in [4.78, 5) is 0. The third kappa shape index (κ3) is 2.10. The van der Waals surface area contributed by atoms with E-state index >= 15 is 0 Å². The van der Waals surface area contributed by atoms with E-state index in [1.54, 1.807) is 0 Å². The monoisotopic (exact) mass is 346 g/mol. The SMILES string of the molecule is C#C[C@]1(O)CCC2C3C([C@H](O)C[C@@]21C)[C@@]1(C)CC[C@H](O)CC1=C[C@@H]3O. The summed E-state index contributed by atoms with van der Waals surface area (Å²) in [5, 5.41) is 43.2. The standard InChI is InChI=1S/C21H30O4/c1-4-21(25)8-6-14-17-15(23)10-12-9-13(22)5-7-19(12,2)18(17)16(24)11-20(14,21)3/h1,10,13-18,22-25H,5-9,11H2,2-3H3/t13-,14?,15-,16+,17?,18?,19-,20-,21-/m0/s1. The summed E-state index contributed by atoms with van der Waals surface area (Å²) >= 11 is 0. The second-order valence-electron chi connectivity index (χ2n) is 9.44. The number of terminal acetylenes is 1. The summed E-state index contributed by atoms with van der Waals surface area (Å²) in [7, 11) is 0. The topological polar surface area (TPSA) is 80.9 Å². The molecule has 0 amide bonds. The number of rotatable bonds is 0. The van der Waals surface area contributed by atoms with Gasteiger partial charge in [0.1, 0.15) is 5.60 Å². The molecular formula is C21H30O4.